The molecule has 1 N–H and O–H groups in total. The lowest BCUT2D eigenvalue weighted by Crippen LogP contribution is -2.48. The van der Waals surface area contributed by atoms with Gasteiger partial charge in [0, 0.05) is 26.1 Å². The molecule has 7 nitrogen and oxygen atoms in total. The van der Waals surface area contributed by atoms with Gasteiger partial charge in [-0.25, -0.2) is 12.8 Å². The summed E-state index contributed by atoms with van der Waals surface area (Å²) in [6.45, 7) is 6.59. The average Bonchev–Trinajstić information content (AvgIpc) is 2.81. The molecular formula is C26H36FN3O4S. The number of rotatable bonds is 13. The van der Waals surface area contributed by atoms with Crippen molar-refractivity contribution in [1.82, 2.24) is 10.2 Å². The molecule has 0 aromatic heterocycles. The van der Waals surface area contributed by atoms with Crippen molar-refractivity contribution < 1.29 is 22.4 Å². The number of benzene rings is 2. The first-order valence-electron chi connectivity index (χ1n) is 11.9. The normalized spacial score (nSPS) is 12.1. The fourth-order valence-electron chi connectivity index (χ4n) is 3.70. The Morgan fingerprint density at radius 1 is 1.06 bits per heavy atom. The molecule has 0 aliphatic rings. The zero-order chi connectivity index (χ0) is 26.0. The Balaban J connectivity index is 2.14. The van der Waals surface area contributed by atoms with Gasteiger partial charge in [0.1, 0.15) is 11.9 Å². The van der Waals surface area contributed by atoms with Crippen molar-refractivity contribution in [2.45, 2.75) is 59.0 Å². The Labute approximate surface area is 208 Å². The lowest BCUT2D eigenvalue weighted by molar-refractivity contribution is -0.140. The first-order valence-corrected chi connectivity index (χ1v) is 13.7. The molecular weight excluding hydrogens is 469 g/mol. The Bertz CT molecular complexity index is 1090. The second kappa shape index (κ2) is 13.2. The van der Waals surface area contributed by atoms with Crippen LogP contribution in [0.5, 0.6) is 0 Å². The van der Waals surface area contributed by atoms with Gasteiger partial charge in [0.15, 0.2) is 0 Å². The van der Waals surface area contributed by atoms with Crippen LogP contribution in [0.15, 0.2) is 48.5 Å². The summed E-state index contributed by atoms with van der Waals surface area (Å²) >= 11 is 0. The Morgan fingerprint density at radius 2 is 1.71 bits per heavy atom. The van der Waals surface area contributed by atoms with Crippen LogP contribution in [0.4, 0.5) is 10.1 Å². The second-order valence-electron chi connectivity index (χ2n) is 8.68. The highest BCUT2D eigenvalue weighted by Crippen LogP contribution is 2.20. The predicted molar refractivity (Wildman–Crippen MR) is 137 cm³/mol. The number of nitrogens with zero attached hydrogens (tertiary/aromatic N) is 2. The molecule has 0 radical (unpaired) electrons. The fourth-order valence-corrected chi connectivity index (χ4v) is 4.67. The molecule has 0 bridgehead atoms. The summed E-state index contributed by atoms with van der Waals surface area (Å²) in [7, 11) is -3.62. The molecule has 0 saturated heterocycles. The average molecular weight is 506 g/mol. The highest BCUT2D eigenvalue weighted by atomic mass is 32.2. The topological polar surface area (TPSA) is 86.8 Å². The lowest BCUT2D eigenvalue weighted by atomic mass is 10.1. The third-order valence-electron chi connectivity index (χ3n) is 5.87. The SMILES string of the molecule is CCCCNC(=O)[C@@H](C)N(Cc1ccccc1C)C(=O)CCCN(c1ccc(F)cc1)S(C)(=O)=O. The molecule has 192 valence electrons. The van der Waals surface area contributed by atoms with Crippen molar-refractivity contribution >= 4 is 27.5 Å². The summed E-state index contributed by atoms with van der Waals surface area (Å²) < 4.78 is 39.1. The minimum absolute atomic E-state index is 0.0610. The smallest absolute Gasteiger partial charge is 0.242 e. The van der Waals surface area contributed by atoms with Crippen molar-refractivity contribution in [3.8, 4) is 0 Å². The van der Waals surface area contributed by atoms with Crippen LogP contribution in [0, 0.1) is 12.7 Å². The van der Waals surface area contributed by atoms with Gasteiger partial charge in [0.2, 0.25) is 21.8 Å². The van der Waals surface area contributed by atoms with Gasteiger partial charge in [-0.05, 0) is 62.1 Å². The summed E-state index contributed by atoms with van der Waals surface area (Å²) in [5.74, 6) is -0.918. The van der Waals surface area contributed by atoms with Crippen LogP contribution in [0.2, 0.25) is 0 Å². The molecule has 0 spiro atoms. The van der Waals surface area contributed by atoms with E-state index >= 15 is 0 Å². The molecule has 0 unspecified atom stereocenters. The Hall–Kier alpha value is -2.94. The summed E-state index contributed by atoms with van der Waals surface area (Å²) in [6, 6.07) is 12.2. The van der Waals surface area contributed by atoms with E-state index in [0.717, 1.165) is 34.5 Å². The number of anilines is 1. The van der Waals surface area contributed by atoms with Crippen LogP contribution < -0.4 is 9.62 Å². The maximum Gasteiger partial charge on any atom is 0.242 e. The minimum Gasteiger partial charge on any atom is -0.354 e. The van der Waals surface area contributed by atoms with Crippen molar-refractivity contribution in [2.24, 2.45) is 0 Å². The van der Waals surface area contributed by atoms with Gasteiger partial charge in [-0.2, -0.15) is 0 Å². The van der Waals surface area contributed by atoms with Crippen LogP contribution in [0.3, 0.4) is 0 Å². The number of carbonyl (C=O) groups excluding carboxylic acids is 2. The van der Waals surface area contributed by atoms with E-state index in [2.05, 4.69) is 5.32 Å². The maximum absolute atomic E-state index is 13.3. The minimum atomic E-state index is -3.62. The molecule has 0 aliphatic carbocycles. The number of unbranched alkanes of at least 4 members (excludes halogenated alkanes) is 1. The van der Waals surface area contributed by atoms with E-state index in [0.29, 0.717) is 12.2 Å². The standard InChI is InChI=1S/C26H36FN3O4S/c1-5-6-17-28-26(32)21(3)29(19-22-11-8-7-10-20(22)2)25(31)12-9-18-30(35(4,33)34)24-15-13-23(27)14-16-24/h7-8,10-11,13-16,21H,5-6,9,12,17-19H2,1-4H3,(H,28,32)/t21-/m1/s1. The number of halogens is 1. The zero-order valence-electron chi connectivity index (χ0n) is 21.0. The Kier molecular flexibility index (Phi) is 10.7. The van der Waals surface area contributed by atoms with E-state index in [4.69, 9.17) is 0 Å². The number of carbonyl (C=O) groups is 2. The van der Waals surface area contributed by atoms with Gasteiger partial charge in [0.25, 0.3) is 0 Å². The monoisotopic (exact) mass is 505 g/mol. The Morgan fingerprint density at radius 3 is 2.31 bits per heavy atom. The molecule has 0 saturated carbocycles. The molecule has 35 heavy (non-hydrogen) atoms. The van der Waals surface area contributed by atoms with E-state index < -0.39 is 21.9 Å². The van der Waals surface area contributed by atoms with Gasteiger partial charge < -0.3 is 10.2 Å². The number of hydrogen-bond donors (Lipinski definition) is 1. The second-order valence-corrected chi connectivity index (χ2v) is 10.6. The molecule has 2 amide bonds. The number of amides is 2. The summed E-state index contributed by atoms with van der Waals surface area (Å²) in [5.41, 5.74) is 2.29. The fraction of sp³-hybridized carbons (Fsp3) is 0.462. The van der Waals surface area contributed by atoms with Crippen LogP contribution >= 0.6 is 0 Å². The third kappa shape index (κ3) is 8.65. The highest BCUT2D eigenvalue weighted by molar-refractivity contribution is 7.92. The highest BCUT2D eigenvalue weighted by Gasteiger charge is 2.26. The van der Waals surface area contributed by atoms with E-state index in [1.54, 1.807) is 11.8 Å². The molecule has 9 heteroatoms. The van der Waals surface area contributed by atoms with E-state index in [1.807, 2.05) is 38.1 Å². The van der Waals surface area contributed by atoms with Crippen LogP contribution in [0.25, 0.3) is 0 Å². The number of hydrogen-bond acceptors (Lipinski definition) is 4. The van der Waals surface area contributed by atoms with Gasteiger partial charge in [-0.3, -0.25) is 13.9 Å². The predicted octanol–water partition coefficient (Wildman–Crippen LogP) is 4.01. The molecule has 0 heterocycles. The van der Waals surface area contributed by atoms with Gasteiger partial charge in [0.05, 0.1) is 11.9 Å². The molecule has 1 atom stereocenters. The van der Waals surface area contributed by atoms with E-state index in [9.17, 15) is 22.4 Å². The number of sulfonamides is 1. The zero-order valence-corrected chi connectivity index (χ0v) is 21.8. The largest absolute Gasteiger partial charge is 0.354 e. The number of aryl methyl sites for hydroxylation is 1. The summed E-state index contributed by atoms with van der Waals surface area (Å²) in [5, 5.41) is 2.89. The lowest BCUT2D eigenvalue weighted by Gasteiger charge is -2.30. The van der Waals surface area contributed by atoms with Crippen LogP contribution in [0.1, 0.15) is 50.7 Å². The maximum atomic E-state index is 13.3. The van der Waals surface area contributed by atoms with Gasteiger partial charge in [-0.15, -0.1) is 0 Å². The first kappa shape index (κ1) is 28.3. The van der Waals surface area contributed by atoms with Crippen molar-refractivity contribution in [1.29, 1.82) is 0 Å². The summed E-state index contributed by atoms with van der Waals surface area (Å²) in [4.78, 5) is 27.6. The first-order chi connectivity index (χ1) is 16.5. The molecule has 0 aliphatic heterocycles. The van der Waals surface area contributed by atoms with E-state index in [1.165, 1.54) is 24.3 Å². The third-order valence-corrected chi connectivity index (χ3v) is 7.06. The number of nitrogens with one attached hydrogen (secondary N) is 1. The van der Waals surface area contributed by atoms with Crippen LogP contribution in [-0.2, 0) is 26.2 Å². The molecule has 0 fully saturated rings. The quantitative estimate of drug-likeness (QED) is 0.417. The molecule has 2 rings (SSSR count). The molecule has 2 aromatic rings. The van der Waals surface area contributed by atoms with E-state index in [-0.39, 0.29) is 37.7 Å². The molecule has 2 aromatic carbocycles. The van der Waals surface area contributed by atoms with Crippen molar-refractivity contribution in [2.75, 3.05) is 23.7 Å². The van der Waals surface area contributed by atoms with Crippen molar-refractivity contribution in [3.05, 3.63) is 65.5 Å². The van der Waals surface area contributed by atoms with Crippen LogP contribution in [-0.4, -0.2) is 50.5 Å². The van der Waals surface area contributed by atoms with Gasteiger partial charge >= 0.3 is 0 Å². The van der Waals surface area contributed by atoms with Crippen molar-refractivity contribution in [3.63, 3.8) is 0 Å². The summed E-state index contributed by atoms with van der Waals surface area (Å²) in [6.07, 6.45) is 3.19. The van der Waals surface area contributed by atoms with Gasteiger partial charge in [-0.1, -0.05) is 37.6 Å².